The monoisotopic (exact) mass is 253 g/mol. The highest BCUT2D eigenvalue weighted by Gasteiger charge is 2.15. The van der Waals surface area contributed by atoms with E-state index in [2.05, 4.69) is 37.8 Å². The van der Waals surface area contributed by atoms with E-state index in [1.54, 1.807) is 0 Å². The third-order valence-electron chi connectivity index (χ3n) is 2.93. The lowest BCUT2D eigenvalue weighted by atomic mass is 10.1. The van der Waals surface area contributed by atoms with Crippen LogP contribution in [0.4, 0.5) is 0 Å². The van der Waals surface area contributed by atoms with Crippen LogP contribution in [0.3, 0.4) is 0 Å². The summed E-state index contributed by atoms with van der Waals surface area (Å²) in [7, 11) is 2.00. The molecule has 1 atom stereocenters. The Bertz CT molecular complexity index is 371. The molecule has 0 spiro atoms. The van der Waals surface area contributed by atoms with Crippen molar-refractivity contribution in [1.82, 2.24) is 15.1 Å². The minimum absolute atomic E-state index is 0.369. The molecule has 1 aromatic heterocycles. The summed E-state index contributed by atoms with van der Waals surface area (Å²) < 4.78 is 1.95. The average Bonchev–Trinajstić information content (AvgIpc) is 2.53. The first-order valence-electron chi connectivity index (χ1n) is 6.00. The first-order valence-corrected chi connectivity index (χ1v) is 7.15. The number of aryl methyl sites for hydroxylation is 2. The van der Waals surface area contributed by atoms with E-state index in [4.69, 9.17) is 0 Å². The van der Waals surface area contributed by atoms with Crippen LogP contribution >= 0.6 is 11.8 Å². The first kappa shape index (κ1) is 14.3. The molecular weight excluding hydrogens is 230 g/mol. The quantitative estimate of drug-likeness (QED) is 0.598. The van der Waals surface area contributed by atoms with Crippen LogP contribution in [0.25, 0.3) is 0 Å². The van der Waals surface area contributed by atoms with Gasteiger partial charge < -0.3 is 5.32 Å². The summed E-state index contributed by atoms with van der Waals surface area (Å²) in [5.74, 6) is 2.15. The molecule has 96 valence electrons. The second-order valence-corrected chi connectivity index (χ2v) is 5.40. The Labute approximate surface area is 109 Å². The molecule has 0 saturated heterocycles. The van der Waals surface area contributed by atoms with E-state index in [-0.39, 0.29) is 0 Å². The highest BCUT2D eigenvalue weighted by Crippen LogP contribution is 2.20. The number of nitrogens with one attached hydrogen (secondary N) is 1. The average molecular weight is 253 g/mol. The second kappa shape index (κ2) is 6.87. The summed E-state index contributed by atoms with van der Waals surface area (Å²) in [5, 5.41) is 7.99. The maximum absolute atomic E-state index is 4.45. The summed E-state index contributed by atoms with van der Waals surface area (Å²) in [5.41, 5.74) is 3.71. The Morgan fingerprint density at radius 3 is 2.76 bits per heavy atom. The Balaban J connectivity index is 2.46. The first-order chi connectivity index (χ1) is 8.07. The molecule has 1 heterocycles. The van der Waals surface area contributed by atoms with Gasteiger partial charge in [-0.2, -0.15) is 16.9 Å². The highest BCUT2D eigenvalue weighted by atomic mass is 32.2. The molecule has 0 radical (unpaired) electrons. The van der Waals surface area contributed by atoms with E-state index >= 15 is 0 Å². The van der Waals surface area contributed by atoms with E-state index < -0.39 is 0 Å². The molecule has 0 fully saturated rings. The van der Waals surface area contributed by atoms with Crippen molar-refractivity contribution in [1.29, 1.82) is 0 Å². The number of thioether (sulfide) groups is 1. The number of nitrogens with zero attached hydrogens (tertiary/aromatic N) is 2. The molecule has 0 aromatic carbocycles. The van der Waals surface area contributed by atoms with Crippen LogP contribution in [-0.4, -0.2) is 27.8 Å². The zero-order valence-corrected chi connectivity index (χ0v) is 12.1. The predicted molar refractivity (Wildman–Crippen MR) is 76.6 cm³/mol. The van der Waals surface area contributed by atoms with Gasteiger partial charge in [0.1, 0.15) is 0 Å². The van der Waals surface area contributed by atoms with Gasteiger partial charge in [0, 0.05) is 42.4 Å². The van der Waals surface area contributed by atoms with Gasteiger partial charge in [-0.1, -0.05) is 6.08 Å². The molecule has 0 aliphatic rings. The van der Waals surface area contributed by atoms with Crippen molar-refractivity contribution in [3.8, 4) is 0 Å². The second-order valence-electron chi connectivity index (χ2n) is 4.25. The van der Waals surface area contributed by atoms with Crippen LogP contribution in [-0.2, 0) is 7.05 Å². The topological polar surface area (TPSA) is 29.9 Å². The Kier molecular flexibility index (Phi) is 5.78. The molecular formula is C13H23N3S. The van der Waals surface area contributed by atoms with Crippen molar-refractivity contribution in [2.75, 3.05) is 18.1 Å². The number of rotatable bonds is 7. The Morgan fingerprint density at radius 1 is 1.53 bits per heavy atom. The van der Waals surface area contributed by atoms with Crippen molar-refractivity contribution < 1.29 is 0 Å². The summed E-state index contributed by atoms with van der Waals surface area (Å²) in [6, 6.07) is 0.369. The fourth-order valence-electron chi connectivity index (χ4n) is 2.03. The van der Waals surface area contributed by atoms with Gasteiger partial charge in [0.2, 0.25) is 0 Å². The molecule has 1 aromatic rings. The molecule has 0 amide bonds. The fourth-order valence-corrected chi connectivity index (χ4v) is 2.63. The number of hydrogen-bond acceptors (Lipinski definition) is 3. The van der Waals surface area contributed by atoms with Crippen molar-refractivity contribution >= 4 is 11.8 Å². The lowest BCUT2D eigenvalue weighted by molar-refractivity contribution is 0.594. The molecule has 3 nitrogen and oxygen atoms in total. The third kappa shape index (κ3) is 3.89. The van der Waals surface area contributed by atoms with Gasteiger partial charge in [-0.05, 0) is 20.8 Å². The van der Waals surface area contributed by atoms with Gasteiger partial charge in [0.05, 0.1) is 5.69 Å². The van der Waals surface area contributed by atoms with Crippen molar-refractivity contribution in [2.45, 2.75) is 26.8 Å². The van der Waals surface area contributed by atoms with Crippen LogP contribution in [0.2, 0.25) is 0 Å². The minimum atomic E-state index is 0.369. The lowest BCUT2D eigenvalue weighted by Gasteiger charge is -2.14. The van der Waals surface area contributed by atoms with Crippen molar-refractivity contribution in [3.63, 3.8) is 0 Å². The standard InChI is InChI=1S/C13H23N3S/c1-6-8-17-9-7-14-10(2)13-11(3)15-16(5)12(13)4/h6,10,14H,1,7-9H2,2-5H3. The number of aromatic nitrogens is 2. The van der Waals surface area contributed by atoms with Gasteiger partial charge in [-0.15, -0.1) is 6.58 Å². The summed E-state index contributed by atoms with van der Waals surface area (Å²) >= 11 is 1.90. The van der Waals surface area contributed by atoms with Gasteiger partial charge in [0.25, 0.3) is 0 Å². The maximum Gasteiger partial charge on any atom is 0.0644 e. The molecule has 0 bridgehead atoms. The van der Waals surface area contributed by atoms with E-state index in [1.807, 2.05) is 29.6 Å². The Morgan fingerprint density at radius 2 is 2.24 bits per heavy atom. The van der Waals surface area contributed by atoms with E-state index in [1.165, 1.54) is 11.3 Å². The van der Waals surface area contributed by atoms with E-state index in [0.717, 1.165) is 23.7 Å². The summed E-state index contributed by atoms with van der Waals surface area (Å²) in [6.07, 6.45) is 1.95. The van der Waals surface area contributed by atoms with Crippen molar-refractivity contribution in [3.05, 3.63) is 29.6 Å². The maximum atomic E-state index is 4.45. The zero-order valence-electron chi connectivity index (χ0n) is 11.3. The molecule has 1 rings (SSSR count). The van der Waals surface area contributed by atoms with E-state index in [0.29, 0.717) is 6.04 Å². The molecule has 0 aliphatic heterocycles. The predicted octanol–water partition coefficient (Wildman–Crippen LogP) is 2.61. The van der Waals surface area contributed by atoms with Crippen LogP contribution in [0.15, 0.2) is 12.7 Å². The SMILES string of the molecule is C=CCSCCNC(C)c1c(C)nn(C)c1C. The summed E-state index contributed by atoms with van der Waals surface area (Å²) in [4.78, 5) is 0. The molecule has 1 N–H and O–H groups in total. The van der Waals surface area contributed by atoms with Crippen LogP contribution in [0.5, 0.6) is 0 Å². The zero-order chi connectivity index (χ0) is 12.8. The van der Waals surface area contributed by atoms with Crippen molar-refractivity contribution in [2.24, 2.45) is 7.05 Å². The third-order valence-corrected chi connectivity index (χ3v) is 3.89. The molecule has 0 aliphatic carbocycles. The van der Waals surface area contributed by atoms with Gasteiger partial charge in [0.15, 0.2) is 0 Å². The Hall–Kier alpha value is -0.740. The highest BCUT2D eigenvalue weighted by molar-refractivity contribution is 7.99. The molecule has 1 unspecified atom stereocenters. The smallest absolute Gasteiger partial charge is 0.0644 e. The van der Waals surface area contributed by atoms with Gasteiger partial charge >= 0.3 is 0 Å². The van der Waals surface area contributed by atoms with Crippen LogP contribution < -0.4 is 5.32 Å². The van der Waals surface area contributed by atoms with Gasteiger partial charge in [-0.25, -0.2) is 0 Å². The lowest BCUT2D eigenvalue weighted by Crippen LogP contribution is -2.22. The van der Waals surface area contributed by atoms with Gasteiger partial charge in [-0.3, -0.25) is 4.68 Å². The van der Waals surface area contributed by atoms with Crippen LogP contribution in [0, 0.1) is 13.8 Å². The minimum Gasteiger partial charge on any atom is -0.309 e. The molecule has 0 saturated carbocycles. The normalized spacial score (nSPS) is 12.7. The largest absolute Gasteiger partial charge is 0.309 e. The van der Waals surface area contributed by atoms with Crippen LogP contribution in [0.1, 0.15) is 29.9 Å². The molecule has 17 heavy (non-hydrogen) atoms. The summed E-state index contributed by atoms with van der Waals surface area (Å²) in [6.45, 7) is 11.1. The van der Waals surface area contributed by atoms with E-state index in [9.17, 15) is 0 Å². The fraction of sp³-hybridized carbons (Fsp3) is 0.615. The molecule has 4 heteroatoms. The number of hydrogen-bond donors (Lipinski definition) is 1.